The first-order chi connectivity index (χ1) is 12.9. The Morgan fingerprint density at radius 3 is 2.63 bits per heavy atom. The Kier molecular flexibility index (Phi) is 5.49. The van der Waals surface area contributed by atoms with Crippen LogP contribution in [-0.2, 0) is 6.18 Å². The van der Waals surface area contributed by atoms with Gasteiger partial charge in [0.1, 0.15) is 11.7 Å². The number of alkyl halides is 3. The van der Waals surface area contributed by atoms with Crippen LogP contribution in [0.4, 0.5) is 24.7 Å². The first kappa shape index (κ1) is 19.0. The van der Waals surface area contributed by atoms with Gasteiger partial charge in [0.2, 0.25) is 0 Å². The van der Waals surface area contributed by atoms with E-state index >= 15 is 0 Å². The van der Waals surface area contributed by atoms with Gasteiger partial charge >= 0.3 is 12.2 Å². The van der Waals surface area contributed by atoms with Crippen molar-refractivity contribution in [2.75, 3.05) is 11.9 Å². The molecule has 0 N–H and O–H groups in total. The molecule has 2 aromatic rings. The van der Waals surface area contributed by atoms with Gasteiger partial charge in [-0.1, -0.05) is 12.5 Å². The third kappa shape index (κ3) is 4.48. The molecule has 0 spiro atoms. The number of hydrogen-bond acceptors (Lipinski definition) is 5. The number of benzene rings is 1. The molecule has 27 heavy (non-hydrogen) atoms. The summed E-state index contributed by atoms with van der Waals surface area (Å²) in [6.07, 6.45) is 0.954. The molecule has 1 aliphatic carbocycles. The molecule has 1 saturated carbocycles. The molecule has 0 aliphatic heterocycles. The maximum Gasteiger partial charge on any atom is 0.421 e. The molecular weight excluding hydrogens is 357 g/mol. The van der Waals surface area contributed by atoms with Gasteiger partial charge in [0, 0.05) is 18.9 Å². The van der Waals surface area contributed by atoms with Crippen LogP contribution in [-0.4, -0.2) is 23.1 Å². The van der Waals surface area contributed by atoms with E-state index in [0.717, 1.165) is 38.3 Å². The molecule has 1 aromatic carbocycles. The highest BCUT2D eigenvalue weighted by atomic mass is 19.4. The maximum absolute atomic E-state index is 13.5. The van der Waals surface area contributed by atoms with Gasteiger partial charge in [-0.3, -0.25) is 0 Å². The smallest absolute Gasteiger partial charge is 0.421 e. The first-order valence-corrected chi connectivity index (χ1v) is 8.73. The topological polar surface area (TPSA) is 62.0 Å². The molecule has 3 rings (SSSR count). The lowest BCUT2D eigenvalue weighted by atomic mass is 9.98. The molecule has 1 aliphatic rings. The molecule has 1 fully saturated rings. The Hall–Kier alpha value is -2.82. The van der Waals surface area contributed by atoms with Crippen molar-refractivity contribution in [2.24, 2.45) is 0 Å². The lowest BCUT2D eigenvalue weighted by molar-refractivity contribution is -0.137. The minimum atomic E-state index is -4.61. The van der Waals surface area contributed by atoms with E-state index in [1.807, 2.05) is 6.07 Å². The van der Waals surface area contributed by atoms with E-state index in [9.17, 15) is 13.2 Å². The minimum Gasteiger partial charge on any atom is -0.460 e. The van der Waals surface area contributed by atoms with Crippen LogP contribution < -0.4 is 9.64 Å². The Morgan fingerprint density at radius 1 is 1.22 bits per heavy atom. The van der Waals surface area contributed by atoms with Crippen LogP contribution in [0.25, 0.3) is 0 Å². The summed E-state index contributed by atoms with van der Waals surface area (Å²) in [6, 6.07) is 8.23. The monoisotopic (exact) mass is 376 g/mol. The van der Waals surface area contributed by atoms with E-state index in [1.165, 1.54) is 18.0 Å². The van der Waals surface area contributed by atoms with Gasteiger partial charge in [-0.2, -0.15) is 23.4 Å². The van der Waals surface area contributed by atoms with Crippen molar-refractivity contribution in [3.63, 3.8) is 0 Å². The second-order valence-electron chi connectivity index (χ2n) is 6.49. The zero-order valence-electron chi connectivity index (χ0n) is 14.8. The Balaban J connectivity index is 1.96. The van der Waals surface area contributed by atoms with Crippen LogP contribution in [0, 0.1) is 11.3 Å². The average Bonchev–Trinajstić information content (AvgIpc) is 2.67. The summed E-state index contributed by atoms with van der Waals surface area (Å²) in [4.78, 5) is 9.12. The third-order valence-electron chi connectivity index (χ3n) is 4.56. The number of nitriles is 1. The van der Waals surface area contributed by atoms with Gasteiger partial charge in [-0.25, -0.2) is 4.98 Å². The van der Waals surface area contributed by atoms with Crippen molar-refractivity contribution in [3.8, 4) is 12.1 Å². The quantitative estimate of drug-likeness (QED) is 0.764. The number of ether oxygens (including phenoxy) is 1. The third-order valence-corrected chi connectivity index (χ3v) is 4.56. The zero-order chi connectivity index (χ0) is 19.4. The van der Waals surface area contributed by atoms with Crippen molar-refractivity contribution < 1.29 is 17.9 Å². The summed E-state index contributed by atoms with van der Waals surface area (Å²) in [5, 5.41) is 9.03. The summed E-state index contributed by atoms with van der Waals surface area (Å²) in [6.45, 7) is 0. The highest BCUT2D eigenvalue weighted by Crippen LogP contribution is 2.38. The molecule has 142 valence electrons. The van der Waals surface area contributed by atoms with Crippen molar-refractivity contribution >= 4 is 11.5 Å². The number of hydrogen-bond donors (Lipinski definition) is 0. The highest BCUT2D eigenvalue weighted by molar-refractivity contribution is 5.64. The summed E-state index contributed by atoms with van der Waals surface area (Å²) in [7, 11) is 1.47. The standard InChI is InChI=1S/C19H19F3N4O/c1-26(14-7-5-6-13(10-14)11-23)17-16(19(20,21)22)12-24-18(25-17)27-15-8-3-2-4-9-15/h5-7,10,12,15H,2-4,8-9H2,1H3. The molecule has 1 aromatic heterocycles. The number of rotatable bonds is 4. The predicted octanol–water partition coefficient (Wildman–Crippen LogP) is 4.85. The van der Waals surface area contributed by atoms with Crippen LogP contribution >= 0.6 is 0 Å². The normalized spacial score (nSPS) is 15.2. The molecule has 0 amide bonds. The van der Waals surface area contributed by atoms with Crippen LogP contribution in [0.2, 0.25) is 0 Å². The van der Waals surface area contributed by atoms with Gasteiger partial charge < -0.3 is 9.64 Å². The fourth-order valence-corrected chi connectivity index (χ4v) is 3.11. The maximum atomic E-state index is 13.5. The molecule has 0 atom stereocenters. The summed E-state index contributed by atoms with van der Waals surface area (Å²) in [5.41, 5.74) is -0.189. The van der Waals surface area contributed by atoms with Crippen LogP contribution in [0.1, 0.15) is 43.2 Å². The van der Waals surface area contributed by atoms with E-state index < -0.39 is 11.7 Å². The van der Waals surface area contributed by atoms with Crippen molar-refractivity contribution in [3.05, 3.63) is 41.6 Å². The lowest BCUT2D eigenvalue weighted by Gasteiger charge is -2.25. The van der Waals surface area contributed by atoms with E-state index in [2.05, 4.69) is 9.97 Å². The molecule has 0 bridgehead atoms. The van der Waals surface area contributed by atoms with Crippen LogP contribution in [0.15, 0.2) is 30.5 Å². The molecule has 0 unspecified atom stereocenters. The van der Waals surface area contributed by atoms with E-state index in [0.29, 0.717) is 11.3 Å². The second-order valence-corrected chi connectivity index (χ2v) is 6.49. The van der Waals surface area contributed by atoms with Crippen molar-refractivity contribution in [1.82, 2.24) is 9.97 Å². The van der Waals surface area contributed by atoms with Crippen molar-refractivity contribution in [1.29, 1.82) is 5.26 Å². The zero-order valence-corrected chi connectivity index (χ0v) is 14.8. The number of anilines is 2. The summed E-state index contributed by atoms with van der Waals surface area (Å²) in [5.74, 6) is -0.307. The van der Waals surface area contributed by atoms with Crippen molar-refractivity contribution in [2.45, 2.75) is 44.4 Å². The molecule has 0 radical (unpaired) electrons. The Morgan fingerprint density at radius 2 is 1.96 bits per heavy atom. The van der Waals surface area contributed by atoms with Crippen LogP contribution in [0.5, 0.6) is 6.01 Å². The predicted molar refractivity (Wildman–Crippen MR) is 93.8 cm³/mol. The van der Waals surface area contributed by atoms with Gasteiger partial charge in [0.05, 0.1) is 11.6 Å². The first-order valence-electron chi connectivity index (χ1n) is 8.73. The Bertz CT molecular complexity index is 842. The highest BCUT2D eigenvalue weighted by Gasteiger charge is 2.37. The molecule has 8 heteroatoms. The fraction of sp³-hybridized carbons (Fsp3) is 0.421. The van der Waals surface area contributed by atoms with Gasteiger partial charge in [0.15, 0.2) is 5.82 Å². The lowest BCUT2D eigenvalue weighted by Crippen LogP contribution is -2.23. The van der Waals surface area contributed by atoms with Crippen LogP contribution in [0.3, 0.4) is 0 Å². The van der Waals surface area contributed by atoms with Gasteiger partial charge in [0.25, 0.3) is 0 Å². The average molecular weight is 376 g/mol. The number of halogens is 3. The fourth-order valence-electron chi connectivity index (χ4n) is 3.11. The number of nitrogens with zero attached hydrogens (tertiary/aromatic N) is 4. The summed E-state index contributed by atoms with van der Waals surface area (Å²) < 4.78 is 46.1. The minimum absolute atomic E-state index is 0.0619. The van der Waals surface area contributed by atoms with Gasteiger partial charge in [-0.05, 0) is 43.9 Å². The largest absolute Gasteiger partial charge is 0.460 e. The molecule has 5 nitrogen and oxygen atoms in total. The Labute approximate surface area is 155 Å². The molecule has 0 saturated heterocycles. The molecule has 1 heterocycles. The van der Waals surface area contributed by atoms with E-state index in [4.69, 9.17) is 10.00 Å². The molecular formula is C19H19F3N4O. The van der Waals surface area contributed by atoms with E-state index in [1.54, 1.807) is 18.2 Å². The summed E-state index contributed by atoms with van der Waals surface area (Å²) >= 11 is 0. The van der Waals surface area contributed by atoms with E-state index in [-0.39, 0.29) is 17.9 Å². The number of aromatic nitrogens is 2. The SMILES string of the molecule is CN(c1cccc(C#N)c1)c1nc(OC2CCCCC2)ncc1C(F)(F)F. The van der Waals surface area contributed by atoms with Gasteiger partial charge in [-0.15, -0.1) is 0 Å². The second kappa shape index (κ2) is 7.82.